The van der Waals surface area contributed by atoms with Crippen LogP contribution in [0.4, 0.5) is 42.8 Å². The number of rotatable bonds is 8. The molecule has 4 aliphatic carbocycles. The third-order valence-corrected chi connectivity index (χ3v) is 15.1. The second-order valence-electron chi connectivity index (χ2n) is 17.8. The van der Waals surface area contributed by atoms with Gasteiger partial charge in [0.1, 0.15) is 11.5 Å². The van der Waals surface area contributed by atoms with Crippen LogP contribution in [0.15, 0.2) is 103 Å². The molecule has 372 valence electrons. The number of anilines is 5. The fourth-order valence-corrected chi connectivity index (χ4v) is 10.7. The van der Waals surface area contributed by atoms with E-state index in [1.54, 1.807) is 69.3 Å². The van der Waals surface area contributed by atoms with E-state index in [1.165, 1.54) is 37.5 Å². The highest BCUT2D eigenvalue weighted by Crippen LogP contribution is 2.55. The summed E-state index contributed by atoms with van der Waals surface area (Å²) < 4.78 is 5.70. The lowest BCUT2D eigenvalue weighted by atomic mass is 9.53. The van der Waals surface area contributed by atoms with Crippen molar-refractivity contribution in [3.8, 4) is 28.7 Å². The fraction of sp³-hybridized carbons (Fsp3) is 0.250. The topological polar surface area (TPSA) is 193 Å². The van der Waals surface area contributed by atoms with Gasteiger partial charge in [-0.3, -0.25) is 0 Å². The van der Waals surface area contributed by atoms with Crippen LogP contribution in [0, 0.1) is 38.5 Å². The first-order chi connectivity index (χ1) is 33.8. The Kier molecular flexibility index (Phi) is 17.2. The summed E-state index contributed by atoms with van der Waals surface area (Å²) >= 11 is 36.1. The number of hydrogen-bond acceptors (Lipinski definition) is 7. The molecule has 0 radical (unpaired) electrons. The number of ether oxygens (including phenoxy) is 1. The van der Waals surface area contributed by atoms with Gasteiger partial charge in [-0.2, -0.15) is 0 Å². The summed E-state index contributed by atoms with van der Waals surface area (Å²) in [5.41, 5.74) is 3.32. The standard InChI is InChI=1S/C20H16Cl2N2O3.C18H22Cl2N2O2.C14H12Cl2N2O2/c1-12-16(21)11-17(19(25)18(12)22)24-20(26)23-13-7-9-15(10-8-13)27-14-5-3-2-4-6-14;1-9-13(19)5-14(16(23)15(9)20)21-17(24)22-18-6-10-2-11(7-18)4-12(3-10)8-18;1-8-10(15)7-11(13(19)12(8)16)18-14(20)17-9-5-3-2-4-6-9/h2-11,25H,1H3,(H2,23,24,26);5,10-12,23H,2-4,6-8H2,1H3,(H2,21,22,24);2-7,19H,1H3,(H2,17,18,20). The van der Waals surface area contributed by atoms with Gasteiger partial charge in [-0.15, -0.1) is 0 Å². The van der Waals surface area contributed by atoms with E-state index in [4.69, 9.17) is 74.3 Å². The molecule has 0 spiro atoms. The van der Waals surface area contributed by atoms with Crippen molar-refractivity contribution in [3.63, 3.8) is 0 Å². The third kappa shape index (κ3) is 13.3. The molecule has 0 unspecified atom stereocenters. The van der Waals surface area contributed by atoms with Gasteiger partial charge < -0.3 is 52.0 Å². The summed E-state index contributed by atoms with van der Waals surface area (Å²) in [5.74, 6) is 3.05. The van der Waals surface area contributed by atoms with Crippen LogP contribution < -0.4 is 36.6 Å². The van der Waals surface area contributed by atoms with Gasteiger partial charge in [0.15, 0.2) is 17.2 Å². The smallest absolute Gasteiger partial charge is 0.323 e. The van der Waals surface area contributed by atoms with Crippen LogP contribution >= 0.6 is 69.6 Å². The molecule has 0 atom stereocenters. The maximum absolute atomic E-state index is 12.5. The molecule has 6 amide bonds. The first-order valence-corrected chi connectivity index (χ1v) is 24.7. The second-order valence-corrected chi connectivity index (χ2v) is 20.2. The SMILES string of the molecule is Cc1c(Cl)cc(NC(=O)NC23CC4CC(CC(C4)C2)C3)c(O)c1Cl.Cc1c(Cl)cc(NC(=O)Nc2ccc(Oc3ccccc3)cc2)c(O)c1Cl.Cc1c(Cl)cc(NC(=O)Nc2ccccc2)c(O)c1Cl. The number of halogens is 6. The molecule has 0 aromatic heterocycles. The molecule has 4 aliphatic rings. The van der Waals surface area contributed by atoms with Crippen molar-refractivity contribution in [1.29, 1.82) is 0 Å². The minimum absolute atomic E-state index is 0.0766. The number of carbonyl (C=O) groups excluding carboxylic acids is 3. The van der Waals surface area contributed by atoms with Crippen molar-refractivity contribution in [2.75, 3.05) is 26.6 Å². The van der Waals surface area contributed by atoms with Crippen LogP contribution in [0.25, 0.3) is 0 Å². The number of benzene rings is 6. The van der Waals surface area contributed by atoms with E-state index in [2.05, 4.69) is 31.9 Å². The van der Waals surface area contributed by atoms with Crippen LogP contribution in [-0.4, -0.2) is 39.0 Å². The summed E-state index contributed by atoms with van der Waals surface area (Å²) in [6.07, 6.45) is 7.21. The molecule has 19 heteroatoms. The van der Waals surface area contributed by atoms with Crippen molar-refractivity contribution in [2.45, 2.75) is 64.8 Å². The predicted octanol–water partition coefficient (Wildman–Crippen LogP) is 16.2. The number of urea groups is 3. The highest BCUT2D eigenvalue weighted by atomic mass is 35.5. The lowest BCUT2D eigenvalue weighted by Crippen LogP contribution is -2.60. The van der Waals surface area contributed by atoms with E-state index in [0.29, 0.717) is 48.9 Å². The number of nitrogens with one attached hydrogen (secondary N) is 6. The second kappa shape index (κ2) is 23.1. The quantitative estimate of drug-likeness (QED) is 0.0677. The zero-order chi connectivity index (χ0) is 51.1. The molecule has 71 heavy (non-hydrogen) atoms. The fourth-order valence-electron chi connectivity index (χ4n) is 9.38. The van der Waals surface area contributed by atoms with Crippen LogP contribution in [0.1, 0.15) is 55.2 Å². The summed E-state index contributed by atoms with van der Waals surface area (Å²) in [4.78, 5) is 36.5. The number of aromatic hydroxyl groups is 3. The maximum atomic E-state index is 12.5. The number of hydrogen-bond donors (Lipinski definition) is 9. The molecule has 4 fully saturated rings. The van der Waals surface area contributed by atoms with Crippen molar-refractivity contribution >= 4 is 116 Å². The van der Waals surface area contributed by atoms with Gasteiger partial charge in [0.2, 0.25) is 0 Å². The molecule has 9 N–H and O–H groups in total. The summed E-state index contributed by atoms with van der Waals surface area (Å²) in [7, 11) is 0. The highest BCUT2D eigenvalue weighted by Gasteiger charge is 2.51. The minimum atomic E-state index is -0.544. The summed E-state index contributed by atoms with van der Waals surface area (Å²) in [6.45, 7) is 5.08. The largest absolute Gasteiger partial charge is 0.504 e. The third-order valence-electron chi connectivity index (χ3n) is 12.5. The normalized spacial score (nSPS) is 18.1. The Hall–Kier alpha value is -5.93. The molecule has 13 nitrogen and oxygen atoms in total. The Bertz CT molecular complexity index is 2900. The number of para-hydroxylation sites is 2. The zero-order valence-corrected chi connectivity index (χ0v) is 43.1. The van der Waals surface area contributed by atoms with E-state index < -0.39 is 12.1 Å². The zero-order valence-electron chi connectivity index (χ0n) is 38.5. The molecule has 6 aromatic carbocycles. The van der Waals surface area contributed by atoms with E-state index in [-0.39, 0.29) is 60.9 Å². The highest BCUT2D eigenvalue weighted by molar-refractivity contribution is 6.39. The van der Waals surface area contributed by atoms with E-state index >= 15 is 0 Å². The van der Waals surface area contributed by atoms with Gasteiger partial charge in [0.25, 0.3) is 0 Å². The Morgan fingerprint density at radius 2 is 0.817 bits per heavy atom. The lowest BCUT2D eigenvalue weighted by molar-refractivity contribution is -0.0127. The number of phenols is 3. The maximum Gasteiger partial charge on any atom is 0.323 e. The summed E-state index contributed by atoms with van der Waals surface area (Å²) in [6, 6.07) is 28.3. The van der Waals surface area contributed by atoms with Crippen LogP contribution in [-0.2, 0) is 0 Å². The molecule has 0 heterocycles. The summed E-state index contributed by atoms with van der Waals surface area (Å²) in [5, 5.41) is 47.8. The number of carbonyl (C=O) groups is 3. The lowest BCUT2D eigenvalue weighted by Gasteiger charge is -2.56. The van der Waals surface area contributed by atoms with Gasteiger partial charge in [-0.1, -0.05) is 106 Å². The van der Waals surface area contributed by atoms with E-state index in [0.717, 1.165) is 42.8 Å². The first kappa shape index (κ1) is 52.9. The molecule has 4 bridgehead atoms. The molecule has 0 aliphatic heterocycles. The van der Waals surface area contributed by atoms with Gasteiger partial charge >= 0.3 is 18.1 Å². The number of amides is 6. The molecule has 4 saturated carbocycles. The monoisotopic (exact) mass is 1080 g/mol. The average molecular weight is 1080 g/mol. The van der Waals surface area contributed by atoms with Crippen LogP contribution in [0.2, 0.25) is 30.1 Å². The van der Waals surface area contributed by atoms with Gasteiger partial charge in [-0.05, 0) is 160 Å². The molecular formula is C52H50Cl6N6O7. The van der Waals surface area contributed by atoms with E-state index in [9.17, 15) is 29.7 Å². The van der Waals surface area contributed by atoms with Crippen LogP contribution in [0.5, 0.6) is 28.7 Å². The van der Waals surface area contributed by atoms with Gasteiger partial charge in [0, 0.05) is 32.0 Å². The minimum Gasteiger partial charge on any atom is -0.504 e. The van der Waals surface area contributed by atoms with Crippen molar-refractivity contribution in [3.05, 3.63) is 150 Å². The predicted molar refractivity (Wildman–Crippen MR) is 286 cm³/mol. The Labute approximate surface area is 441 Å². The van der Waals surface area contributed by atoms with Crippen LogP contribution in [0.3, 0.4) is 0 Å². The van der Waals surface area contributed by atoms with Gasteiger partial charge in [-0.25, -0.2) is 14.4 Å². The molecule has 10 rings (SSSR count). The van der Waals surface area contributed by atoms with Gasteiger partial charge in [0.05, 0.1) is 32.1 Å². The molecular weight excluding hydrogens is 1030 g/mol. The van der Waals surface area contributed by atoms with Crippen molar-refractivity contribution in [2.24, 2.45) is 17.8 Å². The number of phenolic OH excluding ortho intramolecular Hbond substituents is 3. The average Bonchev–Trinajstić information content (AvgIpc) is 3.33. The Morgan fingerprint density at radius 3 is 1.21 bits per heavy atom. The Balaban J connectivity index is 0.000000158. The Morgan fingerprint density at radius 1 is 0.479 bits per heavy atom. The van der Waals surface area contributed by atoms with Crippen molar-refractivity contribution in [1.82, 2.24) is 5.32 Å². The van der Waals surface area contributed by atoms with E-state index in [1.807, 2.05) is 36.4 Å². The molecule has 6 aromatic rings. The first-order valence-electron chi connectivity index (χ1n) is 22.4. The molecule has 0 saturated heterocycles. The van der Waals surface area contributed by atoms with Crippen molar-refractivity contribution < 1.29 is 34.4 Å².